The molecule has 0 aliphatic rings. The van der Waals surface area contributed by atoms with Gasteiger partial charge in [0.15, 0.2) is 6.10 Å². The van der Waals surface area contributed by atoms with Crippen molar-refractivity contribution in [1.29, 1.82) is 0 Å². The van der Waals surface area contributed by atoms with Gasteiger partial charge in [0, 0.05) is 12.8 Å². The number of allylic oxidation sites excluding steroid dienone is 21. The lowest BCUT2D eigenvalue weighted by atomic mass is 10.1. The Bertz CT molecular complexity index is 1380. The van der Waals surface area contributed by atoms with E-state index in [9.17, 15) is 14.4 Å². The summed E-state index contributed by atoms with van der Waals surface area (Å²) in [6.07, 6.45) is 67.6. The monoisotopic (exact) mass is 841 g/mol. The van der Waals surface area contributed by atoms with E-state index in [1.54, 1.807) is 6.08 Å². The Hall–Kier alpha value is -4.45. The van der Waals surface area contributed by atoms with E-state index in [0.29, 0.717) is 19.3 Å². The van der Waals surface area contributed by atoms with E-state index in [-0.39, 0.29) is 38.0 Å². The summed E-state index contributed by atoms with van der Waals surface area (Å²) in [6, 6.07) is 0. The van der Waals surface area contributed by atoms with Crippen LogP contribution < -0.4 is 0 Å². The van der Waals surface area contributed by atoms with Crippen molar-refractivity contribution in [3.63, 3.8) is 0 Å². The van der Waals surface area contributed by atoms with Crippen LogP contribution in [0.15, 0.2) is 134 Å². The van der Waals surface area contributed by atoms with Crippen LogP contribution in [0.4, 0.5) is 0 Å². The van der Waals surface area contributed by atoms with Gasteiger partial charge < -0.3 is 14.2 Å². The summed E-state index contributed by atoms with van der Waals surface area (Å²) in [5, 5.41) is 0. The summed E-state index contributed by atoms with van der Waals surface area (Å²) in [4.78, 5) is 37.7. The molecule has 0 spiro atoms. The lowest BCUT2D eigenvalue weighted by Gasteiger charge is -2.18. The quantitative estimate of drug-likeness (QED) is 0.0265. The van der Waals surface area contributed by atoms with Crippen LogP contribution >= 0.6 is 0 Å². The molecule has 6 heteroatoms. The summed E-state index contributed by atoms with van der Waals surface area (Å²) in [7, 11) is 0. The van der Waals surface area contributed by atoms with Gasteiger partial charge in [0.05, 0.1) is 6.42 Å². The van der Waals surface area contributed by atoms with Crippen molar-refractivity contribution in [2.24, 2.45) is 0 Å². The van der Waals surface area contributed by atoms with Gasteiger partial charge in [-0.15, -0.1) is 0 Å². The highest BCUT2D eigenvalue weighted by atomic mass is 16.6. The molecule has 0 radical (unpaired) electrons. The zero-order valence-electron chi connectivity index (χ0n) is 38.6. The fraction of sp³-hybridized carbons (Fsp3) is 0.545. The van der Waals surface area contributed by atoms with E-state index in [0.717, 1.165) is 83.5 Å². The van der Waals surface area contributed by atoms with E-state index >= 15 is 0 Å². The van der Waals surface area contributed by atoms with Gasteiger partial charge in [-0.3, -0.25) is 14.4 Å². The van der Waals surface area contributed by atoms with Crippen molar-refractivity contribution in [2.45, 2.75) is 181 Å². The number of hydrogen-bond donors (Lipinski definition) is 0. The van der Waals surface area contributed by atoms with E-state index in [1.807, 2.05) is 18.2 Å². The van der Waals surface area contributed by atoms with Crippen LogP contribution in [0.25, 0.3) is 0 Å². The van der Waals surface area contributed by atoms with E-state index in [2.05, 4.69) is 130 Å². The fourth-order valence-electron chi connectivity index (χ4n) is 5.72. The Balaban J connectivity index is 4.62. The predicted octanol–water partition coefficient (Wildman–Crippen LogP) is 15.5. The molecule has 0 rings (SSSR count). The first-order chi connectivity index (χ1) is 30.0. The number of carbonyl (C=O) groups is 3. The lowest BCUT2D eigenvalue weighted by Crippen LogP contribution is -2.30. The zero-order chi connectivity index (χ0) is 44.4. The standard InChI is InChI=1S/C55H84O6/c1-4-7-10-13-16-19-21-23-25-26-27-28-30-31-33-36-39-42-45-48-54(57)60-51-52(50-59-53(56)47-44-41-38-35-18-15-12-9-6-3)61-55(58)49-46-43-40-37-34-32-29-24-22-20-17-14-11-8-5-2/h7-8,10-11,16-17,19-20,23-25,27-29,31,33-34,37,39,42-43,46,52H,4-6,9,12-15,18,21-22,26,30,32,35-36,38,40-41,44-45,47-51H2,1-3H3/b10-7-,11-8-,19-16-,20-17-,25-23-,28-27-,29-24-,33-31-,37-34-,42-39-,46-43-. The summed E-state index contributed by atoms with van der Waals surface area (Å²) >= 11 is 0. The highest BCUT2D eigenvalue weighted by Crippen LogP contribution is 2.11. The molecule has 0 saturated heterocycles. The maximum atomic E-state index is 12.7. The minimum Gasteiger partial charge on any atom is -0.462 e. The van der Waals surface area contributed by atoms with Gasteiger partial charge in [-0.1, -0.05) is 206 Å². The highest BCUT2D eigenvalue weighted by molar-refractivity contribution is 5.72. The molecule has 0 aromatic heterocycles. The molecule has 0 aliphatic carbocycles. The van der Waals surface area contributed by atoms with Crippen LogP contribution in [0.5, 0.6) is 0 Å². The molecule has 340 valence electrons. The summed E-state index contributed by atoms with van der Waals surface area (Å²) in [6.45, 7) is 6.20. The SMILES string of the molecule is CC/C=C\C/C=C\C/C=C\C/C=C\C/C=C\C/C=C\CCC(=O)OCC(COC(=O)CCCCCCCCCCC)OC(=O)C/C=C\C/C=C\C/C=C\C/C=C\C/C=C\CC. The third-order valence-electron chi connectivity index (χ3n) is 9.20. The van der Waals surface area contributed by atoms with Crippen molar-refractivity contribution >= 4 is 17.9 Å². The molecular weight excluding hydrogens is 757 g/mol. The van der Waals surface area contributed by atoms with Crippen molar-refractivity contribution in [2.75, 3.05) is 13.2 Å². The largest absolute Gasteiger partial charge is 0.462 e. The van der Waals surface area contributed by atoms with Gasteiger partial charge in [-0.05, 0) is 83.5 Å². The second-order valence-corrected chi connectivity index (χ2v) is 14.9. The Morgan fingerprint density at radius 2 is 0.689 bits per heavy atom. The highest BCUT2D eigenvalue weighted by Gasteiger charge is 2.19. The number of hydrogen-bond acceptors (Lipinski definition) is 6. The number of esters is 3. The number of carbonyl (C=O) groups excluding carboxylic acids is 3. The molecule has 6 nitrogen and oxygen atoms in total. The van der Waals surface area contributed by atoms with Crippen molar-refractivity contribution in [3.8, 4) is 0 Å². The van der Waals surface area contributed by atoms with E-state index in [1.165, 1.54) is 38.5 Å². The molecule has 61 heavy (non-hydrogen) atoms. The molecule has 1 atom stereocenters. The number of unbranched alkanes of at least 4 members (excludes halogenated alkanes) is 8. The Kier molecular flexibility index (Phi) is 44.7. The smallest absolute Gasteiger partial charge is 0.310 e. The third-order valence-corrected chi connectivity index (χ3v) is 9.20. The van der Waals surface area contributed by atoms with Gasteiger partial charge in [0.2, 0.25) is 0 Å². The van der Waals surface area contributed by atoms with Crippen molar-refractivity contribution < 1.29 is 28.6 Å². The van der Waals surface area contributed by atoms with E-state index < -0.39 is 12.1 Å². The van der Waals surface area contributed by atoms with Gasteiger partial charge in [-0.25, -0.2) is 0 Å². The molecule has 0 aromatic carbocycles. The van der Waals surface area contributed by atoms with Gasteiger partial charge in [0.25, 0.3) is 0 Å². The molecule has 0 bridgehead atoms. The van der Waals surface area contributed by atoms with Crippen LogP contribution in [-0.4, -0.2) is 37.2 Å². The third kappa shape index (κ3) is 46.5. The molecule has 0 amide bonds. The molecule has 0 heterocycles. The molecule has 0 N–H and O–H groups in total. The van der Waals surface area contributed by atoms with E-state index in [4.69, 9.17) is 14.2 Å². The first kappa shape index (κ1) is 56.5. The topological polar surface area (TPSA) is 78.9 Å². The Morgan fingerprint density at radius 3 is 1.08 bits per heavy atom. The predicted molar refractivity (Wildman–Crippen MR) is 260 cm³/mol. The molecule has 0 aliphatic heterocycles. The molecule has 1 unspecified atom stereocenters. The maximum absolute atomic E-state index is 12.7. The lowest BCUT2D eigenvalue weighted by molar-refractivity contribution is -0.166. The van der Waals surface area contributed by atoms with Crippen LogP contribution in [0.3, 0.4) is 0 Å². The maximum Gasteiger partial charge on any atom is 0.310 e. The van der Waals surface area contributed by atoms with Crippen LogP contribution in [0.2, 0.25) is 0 Å². The minimum atomic E-state index is -0.864. The van der Waals surface area contributed by atoms with Crippen LogP contribution in [0.1, 0.15) is 175 Å². The first-order valence-corrected chi connectivity index (χ1v) is 23.7. The number of ether oxygens (including phenoxy) is 3. The molecule has 0 saturated carbocycles. The summed E-state index contributed by atoms with van der Waals surface area (Å²) in [5.41, 5.74) is 0. The summed E-state index contributed by atoms with van der Waals surface area (Å²) < 4.78 is 16.5. The minimum absolute atomic E-state index is 0.0764. The Labute approximate surface area is 373 Å². The normalized spacial score (nSPS) is 13.3. The first-order valence-electron chi connectivity index (χ1n) is 23.7. The number of rotatable bonds is 40. The average molecular weight is 841 g/mol. The van der Waals surface area contributed by atoms with Gasteiger partial charge in [-0.2, -0.15) is 0 Å². The van der Waals surface area contributed by atoms with Gasteiger partial charge >= 0.3 is 17.9 Å². The van der Waals surface area contributed by atoms with Crippen molar-refractivity contribution in [1.82, 2.24) is 0 Å². The van der Waals surface area contributed by atoms with Gasteiger partial charge in [0.1, 0.15) is 13.2 Å². The van der Waals surface area contributed by atoms with Crippen LogP contribution in [0, 0.1) is 0 Å². The second kappa shape index (κ2) is 48.2. The molecule has 0 aromatic rings. The average Bonchev–Trinajstić information content (AvgIpc) is 3.26. The second-order valence-electron chi connectivity index (χ2n) is 14.9. The molecule has 0 fully saturated rings. The van der Waals surface area contributed by atoms with Crippen molar-refractivity contribution in [3.05, 3.63) is 134 Å². The molecular formula is C55H84O6. The zero-order valence-corrected chi connectivity index (χ0v) is 38.6. The Morgan fingerprint density at radius 1 is 0.361 bits per heavy atom. The summed E-state index contributed by atoms with van der Waals surface area (Å²) in [5.74, 6) is -1.18. The fourth-order valence-corrected chi connectivity index (χ4v) is 5.72. The van der Waals surface area contributed by atoms with Crippen LogP contribution in [-0.2, 0) is 28.6 Å².